The lowest BCUT2D eigenvalue weighted by Gasteiger charge is -2.27. The highest BCUT2D eigenvalue weighted by molar-refractivity contribution is 7.52. The van der Waals surface area contributed by atoms with E-state index in [9.17, 15) is 28.5 Å². The van der Waals surface area contributed by atoms with Crippen LogP contribution in [-0.2, 0) is 25.1 Å². The monoisotopic (exact) mass is 458 g/mol. The molecule has 1 aromatic carbocycles. The summed E-state index contributed by atoms with van der Waals surface area (Å²) in [6.07, 6.45) is -0.143. The lowest BCUT2D eigenvalue weighted by molar-refractivity contribution is -0.151. The number of likely N-dealkylation sites (tertiary alicyclic amines) is 1. The number of amides is 1. The summed E-state index contributed by atoms with van der Waals surface area (Å²) in [6.45, 7) is 0.0184. The first kappa shape index (κ1) is 25.5. The Kier molecular flexibility index (Phi) is 10.1. The van der Waals surface area contributed by atoms with Gasteiger partial charge in [0.1, 0.15) is 18.3 Å². The van der Waals surface area contributed by atoms with Gasteiger partial charge in [-0.05, 0) is 50.6 Å². The molecule has 31 heavy (non-hydrogen) atoms. The number of halogens is 1. The van der Waals surface area contributed by atoms with Crippen LogP contribution in [0.25, 0.3) is 0 Å². The number of nitrogens with zero attached hydrogens (tertiary/aromatic N) is 1. The van der Waals surface area contributed by atoms with Crippen LogP contribution in [0.3, 0.4) is 0 Å². The van der Waals surface area contributed by atoms with E-state index in [0.717, 1.165) is 16.9 Å². The molecule has 4 atom stereocenters. The fourth-order valence-corrected chi connectivity index (χ4v) is 5.00. The number of unbranched alkanes of at least 4 members (excludes halogenated alkanes) is 2. The molecular formula is C21H32FN2O6P. The van der Waals surface area contributed by atoms with Gasteiger partial charge in [0.05, 0.1) is 12.7 Å². The number of aliphatic carboxylic acids is 1. The zero-order valence-electron chi connectivity index (χ0n) is 17.6. The van der Waals surface area contributed by atoms with E-state index >= 15 is 0 Å². The Labute approximate surface area is 182 Å². The summed E-state index contributed by atoms with van der Waals surface area (Å²) in [7, 11) is -4.09. The molecule has 1 unspecified atom stereocenters. The Morgan fingerprint density at radius 3 is 2.58 bits per heavy atom. The van der Waals surface area contributed by atoms with Gasteiger partial charge in [-0.2, -0.15) is 0 Å². The molecule has 1 amide bonds. The van der Waals surface area contributed by atoms with Gasteiger partial charge in [0, 0.05) is 6.42 Å². The van der Waals surface area contributed by atoms with Gasteiger partial charge in [-0.3, -0.25) is 13.9 Å². The van der Waals surface area contributed by atoms with Crippen molar-refractivity contribution in [2.75, 3.05) is 19.3 Å². The second-order valence-corrected chi connectivity index (χ2v) is 9.79. The van der Waals surface area contributed by atoms with Gasteiger partial charge < -0.3 is 20.6 Å². The van der Waals surface area contributed by atoms with Gasteiger partial charge >= 0.3 is 13.6 Å². The smallest absolute Gasteiger partial charge is 0.328 e. The number of carbonyl (C=O) groups excluding carboxylic acids is 1. The Morgan fingerprint density at radius 2 is 1.94 bits per heavy atom. The van der Waals surface area contributed by atoms with E-state index in [-0.39, 0.29) is 25.5 Å². The number of aryl methyl sites for hydroxylation is 1. The van der Waals surface area contributed by atoms with Crippen LogP contribution in [0.15, 0.2) is 30.3 Å². The average Bonchev–Trinajstić information content (AvgIpc) is 3.13. The molecule has 10 heteroatoms. The average molecular weight is 458 g/mol. The highest BCUT2D eigenvalue weighted by Crippen LogP contribution is 2.45. The van der Waals surface area contributed by atoms with Gasteiger partial charge in [-0.1, -0.05) is 30.3 Å². The van der Waals surface area contributed by atoms with Crippen LogP contribution >= 0.6 is 7.60 Å². The summed E-state index contributed by atoms with van der Waals surface area (Å²) in [5, 5.41) is 9.29. The van der Waals surface area contributed by atoms with Crippen LogP contribution in [0.4, 0.5) is 4.39 Å². The highest BCUT2D eigenvalue weighted by atomic mass is 31.2. The minimum absolute atomic E-state index is 0.115. The number of benzene rings is 1. The molecule has 1 saturated heterocycles. The van der Waals surface area contributed by atoms with Crippen molar-refractivity contribution in [3.05, 3.63) is 35.9 Å². The minimum atomic E-state index is -4.09. The summed E-state index contributed by atoms with van der Waals surface area (Å²) in [6, 6.07) is 8.44. The molecule has 8 nitrogen and oxygen atoms in total. The van der Waals surface area contributed by atoms with E-state index in [1.54, 1.807) is 0 Å². The third-order valence-electron chi connectivity index (χ3n) is 5.30. The Morgan fingerprint density at radius 1 is 1.23 bits per heavy atom. The van der Waals surface area contributed by atoms with Gasteiger partial charge in [0.15, 0.2) is 0 Å². The topological polar surface area (TPSA) is 130 Å². The lowest BCUT2D eigenvalue weighted by Crippen LogP contribution is -2.46. The molecule has 2 rings (SSSR count). The van der Waals surface area contributed by atoms with Crippen LogP contribution in [0.1, 0.15) is 44.1 Å². The number of carboxylic acids is 1. The van der Waals surface area contributed by atoms with Crippen molar-refractivity contribution >= 4 is 19.5 Å². The maximum atomic E-state index is 13.8. The van der Waals surface area contributed by atoms with Crippen molar-refractivity contribution in [1.82, 2.24) is 4.90 Å². The second kappa shape index (κ2) is 12.3. The van der Waals surface area contributed by atoms with Crippen LogP contribution in [-0.4, -0.2) is 64.3 Å². The summed E-state index contributed by atoms with van der Waals surface area (Å²) in [5.41, 5.74) is 6.61. The largest absolute Gasteiger partial charge is 0.480 e. The predicted octanol–water partition coefficient (Wildman–Crippen LogP) is 2.73. The lowest BCUT2D eigenvalue weighted by atomic mass is 10.1. The van der Waals surface area contributed by atoms with E-state index in [0.29, 0.717) is 32.2 Å². The number of hydrogen-bond donors (Lipinski definition) is 3. The molecule has 0 bridgehead atoms. The molecule has 1 fully saturated rings. The van der Waals surface area contributed by atoms with Gasteiger partial charge in [-0.15, -0.1) is 0 Å². The van der Waals surface area contributed by atoms with Crippen LogP contribution in [0.2, 0.25) is 0 Å². The molecule has 0 radical (unpaired) electrons. The summed E-state index contributed by atoms with van der Waals surface area (Å²) in [5.74, 6) is -2.06. The van der Waals surface area contributed by atoms with Crippen molar-refractivity contribution in [1.29, 1.82) is 0 Å². The maximum Gasteiger partial charge on any atom is 0.328 e. The first-order chi connectivity index (χ1) is 14.7. The van der Waals surface area contributed by atoms with Crippen molar-refractivity contribution in [3.63, 3.8) is 0 Å². The standard InChI is InChI=1S/C21H32FN2O6P/c22-17-14-18(21(26)27)24(15-17)20(25)19(11-4-6-12-23)30-31(28,29)13-7-5-10-16-8-2-1-3-9-16/h1-3,8-9,17-19H,4-7,10-15,23H2,(H,26,27)(H,28,29)/t17-,18+,19+/m1/s1. The number of rotatable bonds is 13. The predicted molar refractivity (Wildman–Crippen MR) is 115 cm³/mol. The fraction of sp³-hybridized carbons (Fsp3) is 0.619. The molecule has 0 spiro atoms. The van der Waals surface area contributed by atoms with Crippen molar-refractivity contribution < 1.29 is 33.1 Å². The van der Waals surface area contributed by atoms with Gasteiger partial charge in [0.25, 0.3) is 5.91 Å². The van der Waals surface area contributed by atoms with E-state index in [1.165, 1.54) is 0 Å². The normalized spacial score (nSPS) is 21.6. The van der Waals surface area contributed by atoms with Gasteiger partial charge in [0.2, 0.25) is 0 Å². The minimum Gasteiger partial charge on any atom is -0.480 e. The molecular weight excluding hydrogens is 426 g/mol. The first-order valence-electron chi connectivity index (χ1n) is 10.6. The van der Waals surface area contributed by atoms with Crippen molar-refractivity contribution in [2.24, 2.45) is 5.73 Å². The third kappa shape index (κ3) is 8.33. The number of carbonyl (C=O) groups is 2. The van der Waals surface area contributed by atoms with Gasteiger partial charge in [-0.25, -0.2) is 9.18 Å². The molecule has 0 aliphatic carbocycles. The number of alkyl halides is 1. The molecule has 4 N–H and O–H groups in total. The molecule has 0 aromatic heterocycles. The molecule has 0 saturated carbocycles. The Balaban J connectivity index is 1.96. The second-order valence-electron chi connectivity index (χ2n) is 7.86. The van der Waals surface area contributed by atoms with Crippen molar-refractivity contribution in [2.45, 2.75) is 63.3 Å². The van der Waals surface area contributed by atoms with E-state index in [1.807, 2.05) is 30.3 Å². The summed E-state index contributed by atoms with van der Waals surface area (Å²) >= 11 is 0. The van der Waals surface area contributed by atoms with Crippen LogP contribution in [0, 0.1) is 0 Å². The third-order valence-corrected chi connectivity index (χ3v) is 6.77. The molecule has 1 aliphatic heterocycles. The zero-order chi connectivity index (χ0) is 22.9. The Bertz CT molecular complexity index is 765. The van der Waals surface area contributed by atoms with E-state index in [4.69, 9.17) is 10.3 Å². The highest BCUT2D eigenvalue weighted by Gasteiger charge is 2.43. The van der Waals surface area contributed by atoms with Crippen LogP contribution < -0.4 is 5.73 Å². The van der Waals surface area contributed by atoms with E-state index < -0.39 is 37.8 Å². The zero-order valence-corrected chi connectivity index (χ0v) is 18.5. The quantitative estimate of drug-likeness (QED) is 0.306. The SMILES string of the molecule is NCCCC[C@H](OP(=O)(O)CCCCc1ccccc1)C(=O)N1C[C@H](F)C[C@H]1C(=O)O. The van der Waals surface area contributed by atoms with Crippen LogP contribution in [0.5, 0.6) is 0 Å². The fourth-order valence-electron chi connectivity index (χ4n) is 3.68. The summed E-state index contributed by atoms with van der Waals surface area (Å²) in [4.78, 5) is 35.5. The molecule has 174 valence electrons. The van der Waals surface area contributed by atoms with Crippen molar-refractivity contribution in [3.8, 4) is 0 Å². The maximum absolute atomic E-state index is 13.8. The number of hydrogen-bond acceptors (Lipinski definition) is 5. The first-order valence-corrected chi connectivity index (χ1v) is 12.4. The molecule has 1 aromatic rings. The van der Waals surface area contributed by atoms with E-state index in [2.05, 4.69) is 0 Å². The molecule has 1 heterocycles. The molecule has 1 aliphatic rings. The number of nitrogens with two attached hydrogens (primary N) is 1. The summed E-state index contributed by atoms with van der Waals surface area (Å²) < 4.78 is 31.7. The Hall–Kier alpha value is -1.80. The number of carboxylic acid groups (broad SMARTS) is 1.